The number of nitrogens with one attached hydrogen (secondary N) is 1. The van der Waals surface area contributed by atoms with Crippen molar-refractivity contribution in [2.75, 3.05) is 19.6 Å². The summed E-state index contributed by atoms with van der Waals surface area (Å²) < 4.78 is 13.1. The second-order valence-electron chi connectivity index (χ2n) is 7.06. The average molecular weight is 381 g/mol. The molecule has 2 aliphatic rings. The van der Waals surface area contributed by atoms with Crippen molar-refractivity contribution in [3.63, 3.8) is 0 Å². The number of halogens is 1. The van der Waals surface area contributed by atoms with Crippen molar-refractivity contribution >= 4 is 17.7 Å². The van der Waals surface area contributed by atoms with Gasteiger partial charge in [0.25, 0.3) is 5.91 Å². The molecule has 0 unspecified atom stereocenters. The molecule has 0 saturated carbocycles. The maximum atomic E-state index is 13.1. The Morgan fingerprint density at radius 2 is 1.75 bits per heavy atom. The molecule has 2 atom stereocenters. The second-order valence-corrected chi connectivity index (χ2v) is 7.06. The van der Waals surface area contributed by atoms with Gasteiger partial charge in [0.2, 0.25) is 11.8 Å². The molecule has 0 aromatic heterocycles. The normalized spacial score (nSPS) is 21.9. The molecule has 0 spiro atoms. The minimum absolute atomic E-state index is 0.123. The SMILES string of the molecule is O=C1N[C@H](Cc2ccccc2)C(=O)N2CCN(C(=O)c3ccc(F)cc3)C[C@H]12. The summed E-state index contributed by atoms with van der Waals surface area (Å²) in [5.41, 5.74) is 1.34. The lowest BCUT2D eigenvalue weighted by Crippen LogP contribution is -2.70. The molecule has 4 rings (SSSR count). The first-order chi connectivity index (χ1) is 13.5. The number of amides is 3. The molecule has 1 N–H and O–H groups in total. The Bertz CT molecular complexity index is 901. The zero-order valence-corrected chi connectivity index (χ0v) is 15.2. The highest BCUT2D eigenvalue weighted by molar-refractivity contribution is 5.99. The number of carbonyl (C=O) groups is 3. The molecule has 3 amide bonds. The van der Waals surface area contributed by atoms with Crippen molar-refractivity contribution in [3.05, 3.63) is 71.5 Å². The molecule has 2 aromatic carbocycles. The molecule has 2 aromatic rings. The Kier molecular flexibility index (Phi) is 4.81. The van der Waals surface area contributed by atoms with Crippen molar-refractivity contribution in [3.8, 4) is 0 Å². The van der Waals surface area contributed by atoms with E-state index in [1.807, 2.05) is 30.3 Å². The van der Waals surface area contributed by atoms with E-state index in [0.717, 1.165) is 5.56 Å². The largest absolute Gasteiger partial charge is 0.342 e. The summed E-state index contributed by atoms with van der Waals surface area (Å²) >= 11 is 0. The summed E-state index contributed by atoms with van der Waals surface area (Å²) in [4.78, 5) is 41.2. The first-order valence-corrected chi connectivity index (χ1v) is 9.22. The van der Waals surface area contributed by atoms with Crippen LogP contribution in [0.25, 0.3) is 0 Å². The fourth-order valence-corrected chi connectivity index (χ4v) is 3.75. The molecule has 0 bridgehead atoms. The fraction of sp³-hybridized carbons (Fsp3) is 0.286. The van der Waals surface area contributed by atoms with E-state index in [1.54, 1.807) is 9.80 Å². The van der Waals surface area contributed by atoms with Crippen LogP contribution in [0.3, 0.4) is 0 Å². The second kappa shape index (κ2) is 7.42. The van der Waals surface area contributed by atoms with Crippen LogP contribution in [0.1, 0.15) is 15.9 Å². The molecule has 0 aliphatic carbocycles. The number of hydrogen-bond donors (Lipinski definition) is 1. The highest BCUT2D eigenvalue weighted by atomic mass is 19.1. The lowest BCUT2D eigenvalue weighted by atomic mass is 9.98. The Morgan fingerprint density at radius 3 is 2.46 bits per heavy atom. The first kappa shape index (κ1) is 18.2. The van der Waals surface area contributed by atoms with Crippen LogP contribution in [-0.2, 0) is 16.0 Å². The van der Waals surface area contributed by atoms with Crippen molar-refractivity contribution in [2.45, 2.75) is 18.5 Å². The Hall–Kier alpha value is -3.22. The van der Waals surface area contributed by atoms with E-state index in [0.29, 0.717) is 25.1 Å². The molecular formula is C21H20FN3O3. The molecule has 7 heteroatoms. The molecule has 28 heavy (non-hydrogen) atoms. The van der Waals surface area contributed by atoms with Crippen LogP contribution >= 0.6 is 0 Å². The number of rotatable bonds is 3. The Balaban J connectivity index is 1.45. The average Bonchev–Trinajstić information content (AvgIpc) is 2.72. The van der Waals surface area contributed by atoms with Crippen LogP contribution in [0.5, 0.6) is 0 Å². The molecule has 144 valence electrons. The summed E-state index contributed by atoms with van der Waals surface area (Å²) in [6.45, 7) is 0.769. The maximum Gasteiger partial charge on any atom is 0.254 e. The van der Waals surface area contributed by atoms with Gasteiger partial charge in [-0.25, -0.2) is 4.39 Å². The van der Waals surface area contributed by atoms with Gasteiger partial charge < -0.3 is 15.1 Å². The van der Waals surface area contributed by atoms with Gasteiger partial charge in [0, 0.05) is 25.1 Å². The van der Waals surface area contributed by atoms with E-state index >= 15 is 0 Å². The van der Waals surface area contributed by atoms with Gasteiger partial charge in [-0.05, 0) is 29.8 Å². The molecule has 6 nitrogen and oxygen atoms in total. The van der Waals surface area contributed by atoms with Gasteiger partial charge in [0.1, 0.15) is 17.9 Å². The van der Waals surface area contributed by atoms with Crippen molar-refractivity contribution in [1.82, 2.24) is 15.1 Å². The highest BCUT2D eigenvalue weighted by Crippen LogP contribution is 2.20. The maximum absolute atomic E-state index is 13.1. The van der Waals surface area contributed by atoms with E-state index in [4.69, 9.17) is 0 Å². The zero-order valence-electron chi connectivity index (χ0n) is 15.2. The van der Waals surface area contributed by atoms with E-state index in [9.17, 15) is 18.8 Å². The zero-order chi connectivity index (χ0) is 19.7. The summed E-state index contributed by atoms with van der Waals surface area (Å²) in [6.07, 6.45) is 0.437. The number of hydrogen-bond acceptors (Lipinski definition) is 3. The van der Waals surface area contributed by atoms with Gasteiger partial charge in [0.15, 0.2) is 0 Å². The van der Waals surface area contributed by atoms with Crippen molar-refractivity contribution < 1.29 is 18.8 Å². The van der Waals surface area contributed by atoms with Crippen LogP contribution in [0.2, 0.25) is 0 Å². The van der Waals surface area contributed by atoms with Gasteiger partial charge in [-0.1, -0.05) is 30.3 Å². The van der Waals surface area contributed by atoms with Gasteiger partial charge in [-0.15, -0.1) is 0 Å². The first-order valence-electron chi connectivity index (χ1n) is 9.22. The van der Waals surface area contributed by atoms with Crippen LogP contribution in [0.15, 0.2) is 54.6 Å². The van der Waals surface area contributed by atoms with Crippen LogP contribution in [-0.4, -0.2) is 59.2 Å². The summed E-state index contributed by atoms with van der Waals surface area (Å²) in [5, 5.41) is 2.80. The number of piperazine rings is 2. The van der Waals surface area contributed by atoms with E-state index < -0.39 is 17.9 Å². The standard InChI is InChI=1S/C21H20FN3O3/c22-16-8-6-15(7-9-16)20(27)24-10-11-25-18(13-24)19(26)23-17(21(25)28)12-14-4-2-1-3-5-14/h1-9,17-18H,10-13H2,(H,23,26)/t17-,18-/m1/s1. The van der Waals surface area contributed by atoms with Gasteiger partial charge >= 0.3 is 0 Å². The lowest BCUT2D eigenvalue weighted by molar-refractivity contribution is -0.152. The van der Waals surface area contributed by atoms with Gasteiger partial charge in [0.05, 0.1) is 6.54 Å². The number of fused-ring (bicyclic) bond motifs is 1. The van der Waals surface area contributed by atoms with Crippen LogP contribution in [0, 0.1) is 5.82 Å². The predicted molar refractivity (Wildman–Crippen MR) is 99.9 cm³/mol. The minimum atomic E-state index is -0.697. The van der Waals surface area contributed by atoms with E-state index in [2.05, 4.69) is 5.32 Å². The monoisotopic (exact) mass is 381 g/mol. The molecule has 2 heterocycles. The summed E-state index contributed by atoms with van der Waals surface area (Å²) in [6, 6.07) is 13.6. The Labute approximate surface area is 161 Å². The lowest BCUT2D eigenvalue weighted by Gasteiger charge is -2.45. The van der Waals surface area contributed by atoms with E-state index in [1.165, 1.54) is 24.3 Å². The summed E-state index contributed by atoms with van der Waals surface area (Å²) in [5.74, 6) is -1.06. The summed E-state index contributed by atoms with van der Waals surface area (Å²) in [7, 11) is 0. The molecule has 2 saturated heterocycles. The van der Waals surface area contributed by atoms with Gasteiger partial charge in [-0.2, -0.15) is 0 Å². The highest BCUT2D eigenvalue weighted by Gasteiger charge is 2.44. The van der Waals surface area contributed by atoms with Crippen LogP contribution < -0.4 is 5.32 Å². The molecule has 2 aliphatic heterocycles. The van der Waals surface area contributed by atoms with Crippen molar-refractivity contribution in [2.24, 2.45) is 0 Å². The third-order valence-corrected chi connectivity index (χ3v) is 5.24. The Morgan fingerprint density at radius 1 is 1.04 bits per heavy atom. The third-order valence-electron chi connectivity index (χ3n) is 5.24. The topological polar surface area (TPSA) is 69.7 Å². The predicted octanol–water partition coefficient (Wildman–Crippen LogP) is 1.22. The number of nitrogens with zero attached hydrogens (tertiary/aromatic N) is 2. The minimum Gasteiger partial charge on any atom is -0.342 e. The van der Waals surface area contributed by atoms with Gasteiger partial charge in [-0.3, -0.25) is 14.4 Å². The fourth-order valence-electron chi connectivity index (χ4n) is 3.75. The number of carbonyl (C=O) groups excluding carboxylic acids is 3. The smallest absolute Gasteiger partial charge is 0.254 e. The molecular weight excluding hydrogens is 361 g/mol. The van der Waals surface area contributed by atoms with Crippen LogP contribution in [0.4, 0.5) is 4.39 Å². The quantitative estimate of drug-likeness (QED) is 0.869. The van der Waals surface area contributed by atoms with Crippen molar-refractivity contribution in [1.29, 1.82) is 0 Å². The molecule has 0 radical (unpaired) electrons. The molecule has 2 fully saturated rings. The number of benzene rings is 2. The van der Waals surface area contributed by atoms with E-state index in [-0.39, 0.29) is 24.3 Å². The third kappa shape index (κ3) is 3.47.